The van der Waals surface area contributed by atoms with E-state index < -0.39 is 0 Å². The quantitative estimate of drug-likeness (QED) is 0.490. The zero-order valence-corrected chi connectivity index (χ0v) is 18.1. The smallest absolute Gasteiger partial charge is 0.133 e. The van der Waals surface area contributed by atoms with Crippen LogP contribution < -0.4 is 0 Å². The highest BCUT2D eigenvalue weighted by atomic mass is 35.5. The van der Waals surface area contributed by atoms with Crippen molar-refractivity contribution >= 4 is 40.1 Å². The molecule has 1 unspecified atom stereocenters. The number of carbonyl (C=O) groups is 1. The summed E-state index contributed by atoms with van der Waals surface area (Å²) in [7, 11) is 0. The van der Waals surface area contributed by atoms with E-state index in [0.717, 1.165) is 53.3 Å². The third-order valence-electron chi connectivity index (χ3n) is 6.02. The lowest BCUT2D eigenvalue weighted by atomic mass is 9.78. The molecule has 0 amide bonds. The van der Waals surface area contributed by atoms with Crippen molar-refractivity contribution in [2.45, 2.75) is 39.0 Å². The lowest BCUT2D eigenvalue weighted by Gasteiger charge is -2.26. The molecule has 0 N–H and O–H groups in total. The molecule has 3 heteroatoms. The molecule has 0 saturated heterocycles. The van der Waals surface area contributed by atoms with Crippen molar-refractivity contribution in [3.05, 3.63) is 93.0 Å². The molecule has 2 aliphatic rings. The summed E-state index contributed by atoms with van der Waals surface area (Å²) in [4.78, 5) is 12.1. The zero-order chi connectivity index (χ0) is 20.4. The number of ketones is 1. The first kappa shape index (κ1) is 20.2. The van der Waals surface area contributed by atoms with Crippen LogP contribution in [0, 0.1) is 5.92 Å². The average Bonchev–Trinajstić information content (AvgIpc) is 2.70. The van der Waals surface area contributed by atoms with Crippen molar-refractivity contribution in [3.63, 3.8) is 0 Å². The molecule has 0 saturated carbocycles. The summed E-state index contributed by atoms with van der Waals surface area (Å²) >= 11 is 13.1. The van der Waals surface area contributed by atoms with Gasteiger partial charge in [0.25, 0.3) is 0 Å². The minimum Gasteiger partial charge on any atom is -0.300 e. The van der Waals surface area contributed by atoms with Crippen LogP contribution in [-0.2, 0) is 4.79 Å². The van der Waals surface area contributed by atoms with Crippen LogP contribution in [0.5, 0.6) is 0 Å². The Morgan fingerprint density at radius 1 is 0.793 bits per heavy atom. The van der Waals surface area contributed by atoms with Gasteiger partial charge in [-0.3, -0.25) is 4.79 Å². The monoisotopic (exact) mass is 422 g/mol. The predicted octanol–water partition coefficient (Wildman–Crippen LogP) is 7.94. The van der Waals surface area contributed by atoms with Gasteiger partial charge in [-0.1, -0.05) is 71.8 Å². The summed E-state index contributed by atoms with van der Waals surface area (Å²) < 4.78 is 0. The van der Waals surface area contributed by atoms with E-state index in [1.54, 1.807) is 6.92 Å². The minimum atomic E-state index is 0.106. The molecule has 0 fully saturated rings. The van der Waals surface area contributed by atoms with Crippen molar-refractivity contribution in [1.29, 1.82) is 0 Å². The van der Waals surface area contributed by atoms with E-state index in [2.05, 4.69) is 24.3 Å². The molecule has 0 bridgehead atoms. The molecule has 1 atom stereocenters. The summed E-state index contributed by atoms with van der Waals surface area (Å²) in [5.41, 5.74) is 7.23. The largest absolute Gasteiger partial charge is 0.300 e. The topological polar surface area (TPSA) is 17.1 Å². The predicted molar refractivity (Wildman–Crippen MR) is 123 cm³/mol. The molecule has 2 aromatic rings. The molecule has 0 heterocycles. The Bertz CT molecular complexity index is 1040. The van der Waals surface area contributed by atoms with E-state index in [-0.39, 0.29) is 11.7 Å². The van der Waals surface area contributed by atoms with E-state index in [0.29, 0.717) is 0 Å². The number of halogens is 2. The molecule has 29 heavy (non-hydrogen) atoms. The molecule has 2 aromatic carbocycles. The number of Topliss-reactive ketones (excluding diaryl/α,β-unsaturated/α-hetero) is 1. The second-order valence-corrected chi connectivity index (χ2v) is 8.71. The van der Waals surface area contributed by atoms with Crippen LogP contribution in [0.15, 0.2) is 71.8 Å². The molecule has 2 aliphatic carbocycles. The Labute approximate surface area is 182 Å². The summed E-state index contributed by atoms with van der Waals surface area (Å²) in [6.45, 7) is 1.71. The van der Waals surface area contributed by atoms with Gasteiger partial charge in [0.2, 0.25) is 0 Å². The molecular weight excluding hydrogens is 399 g/mol. The second kappa shape index (κ2) is 8.73. The highest BCUT2D eigenvalue weighted by Gasteiger charge is 2.25. The van der Waals surface area contributed by atoms with E-state index in [9.17, 15) is 4.79 Å². The van der Waals surface area contributed by atoms with Gasteiger partial charge in [0.1, 0.15) is 5.78 Å². The molecule has 148 valence electrons. The van der Waals surface area contributed by atoms with Crippen LogP contribution in [-0.4, -0.2) is 5.78 Å². The maximum Gasteiger partial charge on any atom is 0.133 e. The normalized spacial score (nSPS) is 23.2. The van der Waals surface area contributed by atoms with Crippen LogP contribution in [0.3, 0.4) is 0 Å². The van der Waals surface area contributed by atoms with Crippen LogP contribution in [0.25, 0.3) is 11.1 Å². The first-order valence-electron chi connectivity index (χ1n) is 10.2. The number of rotatable bonds is 3. The van der Waals surface area contributed by atoms with Gasteiger partial charge in [-0.2, -0.15) is 0 Å². The number of hydrogen-bond donors (Lipinski definition) is 0. The van der Waals surface area contributed by atoms with Gasteiger partial charge >= 0.3 is 0 Å². The van der Waals surface area contributed by atoms with E-state index in [4.69, 9.17) is 23.2 Å². The fraction of sp³-hybridized carbons (Fsp3) is 0.269. The number of hydrogen-bond acceptors (Lipinski definition) is 1. The molecular formula is C26H24Cl2O. The van der Waals surface area contributed by atoms with Gasteiger partial charge in [0.15, 0.2) is 0 Å². The van der Waals surface area contributed by atoms with Crippen molar-refractivity contribution in [3.8, 4) is 0 Å². The van der Waals surface area contributed by atoms with Crippen LogP contribution in [0.1, 0.15) is 50.2 Å². The fourth-order valence-electron chi connectivity index (χ4n) is 4.35. The van der Waals surface area contributed by atoms with Gasteiger partial charge in [-0.25, -0.2) is 0 Å². The number of benzene rings is 2. The highest BCUT2D eigenvalue weighted by Crippen LogP contribution is 2.41. The summed E-state index contributed by atoms with van der Waals surface area (Å²) in [6, 6.07) is 16.1. The van der Waals surface area contributed by atoms with Crippen molar-refractivity contribution < 1.29 is 4.79 Å². The Hall–Kier alpha value is -2.09. The van der Waals surface area contributed by atoms with E-state index >= 15 is 0 Å². The summed E-state index contributed by atoms with van der Waals surface area (Å²) in [5, 5.41) is 1.55. The molecule has 1 nitrogen and oxygen atoms in total. The summed E-state index contributed by atoms with van der Waals surface area (Å²) in [6.07, 6.45) is 8.99. The summed E-state index contributed by atoms with van der Waals surface area (Å²) in [5.74, 6) is 0.385. The van der Waals surface area contributed by atoms with Crippen LogP contribution in [0.2, 0.25) is 10.0 Å². The third kappa shape index (κ3) is 4.42. The van der Waals surface area contributed by atoms with Crippen molar-refractivity contribution in [1.82, 2.24) is 0 Å². The standard InChI is InChI=1S/C26H24Cl2O/c1-17(29)18-10-11-19-15-20(23-6-2-4-8-25(23)27)12-13-21(16-22(19)14-18)24-7-3-5-9-26(24)28/h2-9,15-16,18H,10-14H2,1H3/b20-15+,21-16+. The van der Waals surface area contributed by atoms with Gasteiger partial charge in [-0.05, 0) is 84.6 Å². The maximum absolute atomic E-state index is 12.1. The van der Waals surface area contributed by atoms with Gasteiger partial charge in [0, 0.05) is 16.0 Å². The third-order valence-corrected chi connectivity index (χ3v) is 6.68. The molecule has 0 aliphatic heterocycles. The molecule has 0 aromatic heterocycles. The van der Waals surface area contributed by atoms with E-state index in [1.807, 2.05) is 36.4 Å². The average molecular weight is 423 g/mol. The number of allylic oxidation sites excluding steroid dienone is 6. The Morgan fingerprint density at radius 3 is 1.83 bits per heavy atom. The fourth-order valence-corrected chi connectivity index (χ4v) is 4.87. The minimum absolute atomic E-state index is 0.106. The first-order valence-corrected chi connectivity index (χ1v) is 10.9. The lowest BCUT2D eigenvalue weighted by Crippen LogP contribution is -2.17. The second-order valence-electron chi connectivity index (χ2n) is 7.90. The number of carbonyl (C=O) groups excluding carboxylic acids is 1. The van der Waals surface area contributed by atoms with Gasteiger partial charge in [0.05, 0.1) is 0 Å². The highest BCUT2D eigenvalue weighted by molar-refractivity contribution is 6.32. The van der Waals surface area contributed by atoms with E-state index in [1.165, 1.54) is 22.3 Å². The van der Waals surface area contributed by atoms with Crippen LogP contribution >= 0.6 is 23.2 Å². The Balaban J connectivity index is 1.82. The van der Waals surface area contributed by atoms with Crippen molar-refractivity contribution in [2.75, 3.05) is 0 Å². The lowest BCUT2D eigenvalue weighted by molar-refractivity contribution is -0.121. The van der Waals surface area contributed by atoms with Gasteiger partial charge < -0.3 is 0 Å². The van der Waals surface area contributed by atoms with Crippen LogP contribution in [0.4, 0.5) is 0 Å². The first-order chi connectivity index (χ1) is 14.0. The SMILES string of the molecule is CC(=O)C1CCC2=C(/C=C(/c3ccccc3Cl)CC/C(c3ccccc3Cl)=C\2)C1. The molecule has 0 spiro atoms. The zero-order valence-electron chi connectivity index (χ0n) is 16.6. The maximum atomic E-state index is 12.1. The van der Waals surface area contributed by atoms with Crippen molar-refractivity contribution in [2.24, 2.45) is 5.92 Å². The van der Waals surface area contributed by atoms with Gasteiger partial charge in [-0.15, -0.1) is 0 Å². The Kier molecular flexibility index (Phi) is 6.08. The molecule has 4 rings (SSSR count). The Morgan fingerprint density at radius 2 is 1.31 bits per heavy atom. The molecule has 0 radical (unpaired) electrons.